The highest BCUT2D eigenvalue weighted by Gasteiger charge is 2.02. The number of unbranched alkanes of at least 4 members (excludes halogenated alkanes) is 7. The van der Waals surface area contributed by atoms with Crippen LogP contribution in [0.5, 0.6) is 0 Å². The van der Waals surface area contributed by atoms with Crippen LogP contribution in [-0.2, 0) is 6.42 Å². The van der Waals surface area contributed by atoms with Crippen molar-refractivity contribution < 1.29 is 9.90 Å². The van der Waals surface area contributed by atoms with Gasteiger partial charge in [-0.1, -0.05) is 64.0 Å². The second kappa shape index (κ2) is 9.60. The van der Waals surface area contributed by atoms with Crippen molar-refractivity contribution in [2.24, 2.45) is 0 Å². The molecule has 1 N–H and O–H groups in total. The quantitative estimate of drug-likeness (QED) is 0.598. The van der Waals surface area contributed by atoms with Crippen molar-refractivity contribution in [3.05, 3.63) is 35.4 Å². The number of carboxylic acid groups (broad SMARTS) is 1. The van der Waals surface area contributed by atoms with E-state index in [4.69, 9.17) is 5.11 Å². The lowest BCUT2D eigenvalue weighted by Crippen LogP contribution is -1.97. The predicted octanol–water partition coefficient (Wildman–Crippen LogP) is 5.07. The molecule has 0 saturated heterocycles. The first kappa shape index (κ1) is 15.7. The second-order valence-electron chi connectivity index (χ2n) is 5.23. The molecule has 0 aliphatic heterocycles. The van der Waals surface area contributed by atoms with Gasteiger partial charge in [0.1, 0.15) is 0 Å². The van der Waals surface area contributed by atoms with Crippen LogP contribution in [0.25, 0.3) is 0 Å². The van der Waals surface area contributed by atoms with E-state index in [1.165, 1.54) is 44.9 Å². The molecular formula is C17H26O2. The highest BCUT2D eigenvalue weighted by molar-refractivity contribution is 5.87. The summed E-state index contributed by atoms with van der Waals surface area (Å²) < 4.78 is 0. The minimum Gasteiger partial charge on any atom is -0.478 e. The number of carbonyl (C=O) groups is 1. The van der Waals surface area contributed by atoms with Gasteiger partial charge in [-0.05, 0) is 30.5 Å². The molecule has 2 heteroatoms. The Balaban J connectivity index is 2.12. The van der Waals surface area contributed by atoms with Crippen LogP contribution in [0, 0.1) is 0 Å². The molecule has 0 amide bonds. The second-order valence-corrected chi connectivity index (χ2v) is 5.23. The van der Waals surface area contributed by atoms with Gasteiger partial charge in [-0.3, -0.25) is 0 Å². The summed E-state index contributed by atoms with van der Waals surface area (Å²) in [6.07, 6.45) is 11.5. The number of hydrogen-bond donors (Lipinski definition) is 1. The van der Waals surface area contributed by atoms with E-state index in [2.05, 4.69) is 6.92 Å². The maximum Gasteiger partial charge on any atom is 0.335 e. The Morgan fingerprint density at radius 2 is 1.63 bits per heavy atom. The molecule has 0 unspecified atom stereocenters. The normalized spacial score (nSPS) is 10.6. The van der Waals surface area contributed by atoms with Crippen LogP contribution in [0.3, 0.4) is 0 Å². The van der Waals surface area contributed by atoms with Gasteiger partial charge < -0.3 is 5.11 Å². The molecule has 1 rings (SSSR count). The lowest BCUT2D eigenvalue weighted by atomic mass is 10.0. The van der Waals surface area contributed by atoms with E-state index in [1.54, 1.807) is 12.1 Å². The summed E-state index contributed by atoms with van der Waals surface area (Å²) in [5.74, 6) is -0.835. The Morgan fingerprint density at radius 3 is 2.26 bits per heavy atom. The van der Waals surface area contributed by atoms with Crippen LogP contribution in [0.1, 0.15) is 74.2 Å². The average Bonchev–Trinajstić information content (AvgIpc) is 2.42. The van der Waals surface area contributed by atoms with Crippen molar-refractivity contribution in [2.45, 2.75) is 64.7 Å². The van der Waals surface area contributed by atoms with Crippen LogP contribution in [0.15, 0.2) is 24.3 Å². The predicted molar refractivity (Wildman–Crippen MR) is 79.7 cm³/mol. The first-order chi connectivity index (χ1) is 9.24. The molecule has 1 aromatic carbocycles. The van der Waals surface area contributed by atoms with Gasteiger partial charge in [0.15, 0.2) is 0 Å². The van der Waals surface area contributed by atoms with Crippen molar-refractivity contribution in [3.63, 3.8) is 0 Å². The van der Waals surface area contributed by atoms with Crippen LogP contribution < -0.4 is 0 Å². The Morgan fingerprint density at radius 1 is 1.00 bits per heavy atom. The van der Waals surface area contributed by atoms with E-state index < -0.39 is 5.97 Å². The smallest absolute Gasteiger partial charge is 0.335 e. The molecule has 106 valence electrons. The van der Waals surface area contributed by atoms with E-state index >= 15 is 0 Å². The van der Waals surface area contributed by atoms with Crippen LogP contribution in [0.2, 0.25) is 0 Å². The minimum absolute atomic E-state index is 0.400. The number of aromatic carboxylic acids is 1. The Bertz CT molecular complexity index is 371. The fraction of sp³-hybridized carbons (Fsp3) is 0.588. The summed E-state index contributed by atoms with van der Waals surface area (Å²) in [6, 6.07) is 7.31. The number of carboxylic acids is 1. The van der Waals surface area contributed by atoms with Crippen molar-refractivity contribution in [3.8, 4) is 0 Å². The van der Waals surface area contributed by atoms with Crippen molar-refractivity contribution in [2.75, 3.05) is 0 Å². The topological polar surface area (TPSA) is 37.3 Å². The largest absolute Gasteiger partial charge is 0.478 e. The zero-order valence-electron chi connectivity index (χ0n) is 12.0. The van der Waals surface area contributed by atoms with Gasteiger partial charge in [-0.2, -0.15) is 0 Å². The molecule has 0 saturated carbocycles. The van der Waals surface area contributed by atoms with Crippen LogP contribution >= 0.6 is 0 Å². The maximum atomic E-state index is 10.9. The third kappa shape index (κ3) is 7.00. The van der Waals surface area contributed by atoms with Gasteiger partial charge in [-0.25, -0.2) is 4.79 Å². The van der Waals surface area contributed by atoms with Crippen molar-refractivity contribution in [1.82, 2.24) is 0 Å². The monoisotopic (exact) mass is 262 g/mol. The summed E-state index contributed by atoms with van der Waals surface area (Å²) >= 11 is 0. The van der Waals surface area contributed by atoms with Gasteiger partial charge in [0.05, 0.1) is 5.56 Å². The first-order valence-corrected chi connectivity index (χ1v) is 7.56. The summed E-state index contributed by atoms with van der Waals surface area (Å²) in [7, 11) is 0. The van der Waals surface area contributed by atoms with E-state index in [1.807, 2.05) is 12.1 Å². The first-order valence-electron chi connectivity index (χ1n) is 7.56. The molecule has 0 aliphatic carbocycles. The maximum absolute atomic E-state index is 10.9. The lowest BCUT2D eigenvalue weighted by molar-refractivity contribution is 0.0696. The molecule has 19 heavy (non-hydrogen) atoms. The SMILES string of the molecule is CCCCCCCCCCc1cccc(C(=O)O)c1. The summed E-state index contributed by atoms with van der Waals surface area (Å²) in [5, 5.41) is 8.92. The molecule has 0 aromatic heterocycles. The zero-order valence-corrected chi connectivity index (χ0v) is 12.0. The highest BCUT2D eigenvalue weighted by Crippen LogP contribution is 2.12. The van der Waals surface area contributed by atoms with E-state index in [0.29, 0.717) is 5.56 Å². The summed E-state index contributed by atoms with van der Waals surface area (Å²) in [4.78, 5) is 10.9. The minimum atomic E-state index is -0.835. The molecule has 0 bridgehead atoms. The molecule has 1 aromatic rings. The van der Waals surface area contributed by atoms with Crippen molar-refractivity contribution >= 4 is 5.97 Å². The number of aryl methyl sites for hydroxylation is 1. The number of hydrogen-bond acceptors (Lipinski definition) is 1. The van der Waals surface area contributed by atoms with Gasteiger partial charge in [-0.15, -0.1) is 0 Å². The number of rotatable bonds is 10. The molecule has 0 fully saturated rings. The van der Waals surface area contributed by atoms with Gasteiger partial charge in [0.25, 0.3) is 0 Å². The Labute approximate surface area is 116 Å². The summed E-state index contributed by atoms with van der Waals surface area (Å²) in [6.45, 7) is 2.24. The Kier molecular flexibility index (Phi) is 7.95. The van der Waals surface area contributed by atoms with Crippen molar-refractivity contribution in [1.29, 1.82) is 0 Å². The van der Waals surface area contributed by atoms with Crippen LogP contribution in [-0.4, -0.2) is 11.1 Å². The number of benzene rings is 1. The fourth-order valence-electron chi connectivity index (χ4n) is 2.32. The van der Waals surface area contributed by atoms with Gasteiger partial charge in [0, 0.05) is 0 Å². The summed E-state index contributed by atoms with van der Waals surface area (Å²) in [5.41, 5.74) is 1.54. The van der Waals surface area contributed by atoms with E-state index in [-0.39, 0.29) is 0 Å². The zero-order chi connectivity index (χ0) is 13.9. The fourth-order valence-corrected chi connectivity index (χ4v) is 2.32. The molecule has 0 heterocycles. The van der Waals surface area contributed by atoms with Gasteiger partial charge >= 0.3 is 5.97 Å². The Hall–Kier alpha value is -1.31. The van der Waals surface area contributed by atoms with Gasteiger partial charge in [0.2, 0.25) is 0 Å². The average molecular weight is 262 g/mol. The third-order valence-corrected chi connectivity index (χ3v) is 3.49. The molecule has 0 spiro atoms. The molecular weight excluding hydrogens is 236 g/mol. The van der Waals surface area contributed by atoms with Crippen LogP contribution in [0.4, 0.5) is 0 Å². The third-order valence-electron chi connectivity index (χ3n) is 3.49. The molecule has 0 aliphatic rings. The molecule has 0 atom stereocenters. The highest BCUT2D eigenvalue weighted by atomic mass is 16.4. The lowest BCUT2D eigenvalue weighted by Gasteiger charge is -2.03. The molecule has 0 radical (unpaired) electrons. The standard InChI is InChI=1S/C17H26O2/c1-2-3-4-5-6-7-8-9-11-15-12-10-13-16(14-15)17(18)19/h10,12-14H,2-9,11H2,1H3,(H,18,19). The van der Waals surface area contributed by atoms with E-state index in [0.717, 1.165) is 18.4 Å². The molecule has 2 nitrogen and oxygen atoms in total. The van der Waals surface area contributed by atoms with E-state index in [9.17, 15) is 4.79 Å².